The van der Waals surface area contributed by atoms with E-state index in [2.05, 4.69) is 21.2 Å². The second-order valence-electron chi connectivity index (χ2n) is 7.73. The summed E-state index contributed by atoms with van der Waals surface area (Å²) in [6, 6.07) is 15.3. The zero-order chi connectivity index (χ0) is 23.5. The molecule has 0 radical (unpaired) electrons. The van der Waals surface area contributed by atoms with Gasteiger partial charge in [0.2, 0.25) is 11.8 Å². The van der Waals surface area contributed by atoms with E-state index in [0.717, 1.165) is 33.5 Å². The number of rotatable bonds is 12. The highest BCUT2D eigenvalue weighted by molar-refractivity contribution is 9.10. The number of benzene rings is 2. The molecule has 32 heavy (non-hydrogen) atoms. The summed E-state index contributed by atoms with van der Waals surface area (Å²) in [4.78, 5) is 28.0. The number of halogens is 1. The third kappa shape index (κ3) is 8.17. The minimum Gasteiger partial charge on any atom is -0.497 e. The molecule has 0 heterocycles. The zero-order valence-electron chi connectivity index (χ0n) is 19.3. The van der Waals surface area contributed by atoms with Crippen LogP contribution in [0, 0.1) is 0 Å². The summed E-state index contributed by atoms with van der Waals surface area (Å²) >= 11 is 5.00. The van der Waals surface area contributed by atoms with Crippen LogP contribution in [0.2, 0.25) is 0 Å². The Morgan fingerprint density at radius 1 is 1.09 bits per heavy atom. The van der Waals surface area contributed by atoms with Crippen LogP contribution in [0.1, 0.15) is 44.7 Å². The van der Waals surface area contributed by atoms with E-state index in [-0.39, 0.29) is 17.9 Å². The van der Waals surface area contributed by atoms with Gasteiger partial charge in [-0.15, -0.1) is 11.8 Å². The molecule has 2 atom stereocenters. The molecule has 0 aliphatic heterocycles. The molecule has 1 N–H and O–H groups in total. The Balaban J connectivity index is 2.15. The van der Waals surface area contributed by atoms with E-state index in [9.17, 15) is 9.59 Å². The van der Waals surface area contributed by atoms with Crippen LogP contribution in [-0.2, 0) is 21.9 Å². The molecule has 2 amide bonds. The van der Waals surface area contributed by atoms with Gasteiger partial charge in [0, 0.05) is 22.8 Å². The van der Waals surface area contributed by atoms with Gasteiger partial charge in [-0.3, -0.25) is 9.59 Å². The minimum atomic E-state index is -0.518. The minimum absolute atomic E-state index is 0.0407. The fraction of sp³-hybridized carbons (Fsp3) is 0.440. The summed E-state index contributed by atoms with van der Waals surface area (Å²) in [5.74, 6) is 1.64. The maximum Gasteiger partial charge on any atom is 0.243 e. The summed E-state index contributed by atoms with van der Waals surface area (Å²) in [6.07, 6.45) is 1.39. The van der Waals surface area contributed by atoms with Gasteiger partial charge in [-0.05, 0) is 55.2 Å². The molecule has 0 unspecified atom stereocenters. The maximum atomic E-state index is 13.3. The lowest BCUT2D eigenvalue weighted by molar-refractivity contribution is -0.139. The number of carbonyl (C=O) groups is 2. The van der Waals surface area contributed by atoms with E-state index in [1.54, 1.807) is 23.8 Å². The van der Waals surface area contributed by atoms with Crippen molar-refractivity contribution in [3.8, 4) is 5.75 Å². The number of thioether (sulfide) groups is 1. The molecule has 0 aromatic heterocycles. The average molecular weight is 522 g/mol. The van der Waals surface area contributed by atoms with Gasteiger partial charge < -0.3 is 15.0 Å². The van der Waals surface area contributed by atoms with E-state index >= 15 is 0 Å². The number of hydrogen-bond acceptors (Lipinski definition) is 4. The van der Waals surface area contributed by atoms with Gasteiger partial charge in [0.05, 0.1) is 12.9 Å². The van der Waals surface area contributed by atoms with Crippen LogP contribution in [0.15, 0.2) is 53.0 Å². The lowest BCUT2D eigenvalue weighted by atomic mass is 10.1. The Morgan fingerprint density at radius 3 is 2.44 bits per heavy atom. The second-order valence-corrected chi connectivity index (χ2v) is 9.64. The van der Waals surface area contributed by atoms with Crippen LogP contribution in [-0.4, -0.2) is 41.7 Å². The van der Waals surface area contributed by atoms with Crippen molar-refractivity contribution in [2.24, 2.45) is 0 Å². The monoisotopic (exact) mass is 520 g/mol. The molecule has 0 fully saturated rings. The highest BCUT2D eigenvalue weighted by atomic mass is 79.9. The van der Waals surface area contributed by atoms with Gasteiger partial charge in [0.15, 0.2) is 0 Å². The molecular weight excluding hydrogens is 488 g/mol. The first-order valence-corrected chi connectivity index (χ1v) is 12.9. The van der Waals surface area contributed by atoms with Crippen molar-refractivity contribution in [2.75, 3.05) is 12.9 Å². The SMILES string of the molecule is CC[C@H](C)NC(=O)[C@H](CC)N(Cc1cccc(OC)c1)C(=O)CSCc1ccc(Br)cc1. The predicted octanol–water partition coefficient (Wildman–Crippen LogP) is 5.41. The molecule has 7 heteroatoms. The van der Waals surface area contributed by atoms with Crippen LogP contribution in [0.25, 0.3) is 0 Å². The fourth-order valence-corrected chi connectivity index (χ4v) is 4.38. The Bertz CT molecular complexity index is 876. The fourth-order valence-electron chi connectivity index (χ4n) is 3.25. The van der Waals surface area contributed by atoms with E-state index in [4.69, 9.17) is 4.74 Å². The van der Waals surface area contributed by atoms with Crippen LogP contribution >= 0.6 is 27.7 Å². The van der Waals surface area contributed by atoms with Gasteiger partial charge in [0.25, 0.3) is 0 Å². The van der Waals surface area contributed by atoms with Gasteiger partial charge in [-0.2, -0.15) is 0 Å². The Morgan fingerprint density at radius 2 is 1.81 bits per heavy atom. The van der Waals surface area contributed by atoms with Crippen molar-refractivity contribution in [3.05, 3.63) is 64.1 Å². The molecule has 5 nitrogen and oxygen atoms in total. The number of carbonyl (C=O) groups excluding carboxylic acids is 2. The molecule has 0 spiro atoms. The van der Waals surface area contributed by atoms with Crippen LogP contribution < -0.4 is 10.1 Å². The van der Waals surface area contributed by atoms with E-state index in [1.807, 2.05) is 69.3 Å². The van der Waals surface area contributed by atoms with Crippen molar-refractivity contribution in [1.29, 1.82) is 0 Å². The van der Waals surface area contributed by atoms with Crippen LogP contribution in [0.3, 0.4) is 0 Å². The predicted molar refractivity (Wildman–Crippen MR) is 136 cm³/mol. The van der Waals surface area contributed by atoms with Gasteiger partial charge in [-0.1, -0.05) is 54.0 Å². The summed E-state index contributed by atoms with van der Waals surface area (Å²) < 4.78 is 6.36. The van der Waals surface area contributed by atoms with Gasteiger partial charge >= 0.3 is 0 Å². The Hall–Kier alpha value is -1.99. The third-order valence-electron chi connectivity index (χ3n) is 5.28. The Kier molecular flexibility index (Phi) is 11.1. The summed E-state index contributed by atoms with van der Waals surface area (Å²) in [7, 11) is 1.62. The van der Waals surface area contributed by atoms with Crippen molar-refractivity contribution < 1.29 is 14.3 Å². The molecule has 0 saturated heterocycles. The normalized spacial score (nSPS) is 12.7. The molecule has 0 aliphatic rings. The van der Waals surface area contributed by atoms with Gasteiger partial charge in [0.1, 0.15) is 11.8 Å². The molecule has 2 rings (SSSR count). The van der Waals surface area contributed by atoms with Crippen molar-refractivity contribution in [1.82, 2.24) is 10.2 Å². The van der Waals surface area contributed by atoms with Crippen molar-refractivity contribution in [2.45, 2.75) is 58.0 Å². The number of nitrogens with one attached hydrogen (secondary N) is 1. The van der Waals surface area contributed by atoms with Crippen molar-refractivity contribution in [3.63, 3.8) is 0 Å². The molecule has 0 aliphatic carbocycles. The van der Waals surface area contributed by atoms with E-state index in [1.165, 1.54) is 0 Å². The number of nitrogens with zero attached hydrogens (tertiary/aromatic N) is 1. The highest BCUT2D eigenvalue weighted by Gasteiger charge is 2.29. The number of methoxy groups -OCH3 is 1. The first kappa shape index (κ1) is 26.3. The zero-order valence-corrected chi connectivity index (χ0v) is 21.7. The molecule has 0 saturated carbocycles. The molecule has 2 aromatic rings. The summed E-state index contributed by atoms with van der Waals surface area (Å²) in [5, 5.41) is 3.04. The van der Waals surface area contributed by atoms with E-state index in [0.29, 0.717) is 18.7 Å². The first-order valence-electron chi connectivity index (χ1n) is 10.9. The number of hydrogen-bond donors (Lipinski definition) is 1. The topological polar surface area (TPSA) is 58.6 Å². The first-order chi connectivity index (χ1) is 15.4. The maximum absolute atomic E-state index is 13.3. The Labute approximate surface area is 204 Å². The number of amides is 2. The lowest BCUT2D eigenvalue weighted by Gasteiger charge is -2.31. The molecule has 174 valence electrons. The molecular formula is C25H33BrN2O3S. The summed E-state index contributed by atoms with van der Waals surface area (Å²) in [5.41, 5.74) is 2.09. The van der Waals surface area contributed by atoms with Gasteiger partial charge in [-0.25, -0.2) is 0 Å². The van der Waals surface area contributed by atoms with E-state index < -0.39 is 6.04 Å². The average Bonchev–Trinajstić information content (AvgIpc) is 2.80. The molecule has 2 aromatic carbocycles. The standard InChI is InChI=1S/C25H33BrN2O3S/c1-5-18(3)27-25(30)23(6-2)28(15-20-8-7-9-22(14-20)31-4)24(29)17-32-16-19-10-12-21(26)13-11-19/h7-14,18,23H,5-6,15-17H2,1-4H3,(H,27,30)/t18-,23-/m0/s1. The van der Waals surface area contributed by atoms with Crippen LogP contribution in [0.4, 0.5) is 0 Å². The highest BCUT2D eigenvalue weighted by Crippen LogP contribution is 2.20. The van der Waals surface area contributed by atoms with Crippen LogP contribution in [0.5, 0.6) is 5.75 Å². The lowest BCUT2D eigenvalue weighted by Crippen LogP contribution is -2.51. The largest absolute Gasteiger partial charge is 0.497 e. The smallest absolute Gasteiger partial charge is 0.243 e. The summed E-state index contributed by atoms with van der Waals surface area (Å²) in [6.45, 7) is 6.32. The quantitative estimate of drug-likeness (QED) is 0.406. The third-order valence-corrected chi connectivity index (χ3v) is 6.80. The molecule has 0 bridgehead atoms. The number of ether oxygens (including phenoxy) is 1. The second kappa shape index (κ2) is 13.5. The van der Waals surface area contributed by atoms with Crippen molar-refractivity contribution >= 4 is 39.5 Å².